The molecule has 4 atom stereocenters. The maximum absolute atomic E-state index is 12.7. The van der Waals surface area contributed by atoms with E-state index in [1.165, 1.54) is 12.1 Å². The number of nitrogens with two attached hydrogens (primary N) is 1. The number of rotatable bonds is 10. The minimum Gasteiger partial charge on any atom is -0.480 e. The van der Waals surface area contributed by atoms with Crippen LogP contribution in [0, 0.1) is 22.7 Å². The predicted molar refractivity (Wildman–Crippen MR) is 141 cm³/mol. The molecule has 0 bridgehead atoms. The minimum absolute atomic E-state index is 0.00377. The fourth-order valence-corrected chi connectivity index (χ4v) is 3.07. The highest BCUT2D eigenvalue weighted by molar-refractivity contribution is 5.81. The second kappa shape index (κ2) is 13.1. The topological polar surface area (TPSA) is 151 Å². The number of carboxylic acids is 1. The quantitative estimate of drug-likeness (QED) is 0.311. The third kappa shape index (κ3) is 9.63. The van der Waals surface area contributed by atoms with Crippen LogP contribution in [0.2, 0.25) is 0 Å². The molecule has 0 heterocycles. The summed E-state index contributed by atoms with van der Waals surface area (Å²) in [6.45, 7) is 17.1. The Morgan fingerprint density at radius 3 is 1.82 bits per heavy atom. The zero-order valence-corrected chi connectivity index (χ0v) is 24.1. The lowest BCUT2D eigenvalue weighted by Gasteiger charge is -2.28. The number of carboxylic acid groups (broad SMARTS) is 1. The summed E-state index contributed by atoms with van der Waals surface area (Å²) in [6, 6.07) is 3.02. The summed E-state index contributed by atoms with van der Waals surface area (Å²) in [4.78, 5) is 49.2. The van der Waals surface area contributed by atoms with Gasteiger partial charge in [-0.05, 0) is 78.0 Å². The molecule has 0 spiro atoms. The number of carbonyl (C=O) groups excluding carboxylic acids is 3. The Kier molecular flexibility index (Phi) is 11.3. The van der Waals surface area contributed by atoms with Crippen molar-refractivity contribution in [2.75, 3.05) is 6.61 Å². The summed E-state index contributed by atoms with van der Waals surface area (Å²) in [6.07, 6.45) is -1.23. The fraction of sp³-hybridized carbons (Fsp3) is 0.643. The van der Waals surface area contributed by atoms with Crippen LogP contribution in [0.25, 0.3) is 0 Å². The molecule has 1 aromatic rings. The zero-order valence-electron chi connectivity index (χ0n) is 24.1. The van der Waals surface area contributed by atoms with E-state index in [0.717, 1.165) is 0 Å². The Balaban J connectivity index is 3.40. The van der Waals surface area contributed by atoms with Gasteiger partial charge < -0.3 is 29.8 Å². The van der Waals surface area contributed by atoms with E-state index in [-0.39, 0.29) is 30.1 Å². The van der Waals surface area contributed by atoms with Crippen molar-refractivity contribution in [3.63, 3.8) is 0 Å². The van der Waals surface area contributed by atoms with Crippen molar-refractivity contribution in [1.29, 1.82) is 0 Å². The largest absolute Gasteiger partial charge is 0.508 e. The van der Waals surface area contributed by atoms with Crippen molar-refractivity contribution < 1.29 is 43.2 Å². The second-order valence-electron chi connectivity index (χ2n) is 12.0. The Hall–Kier alpha value is -3.14. The van der Waals surface area contributed by atoms with E-state index in [1.807, 2.05) is 13.8 Å². The van der Waals surface area contributed by atoms with Gasteiger partial charge in [0.2, 0.25) is 0 Å². The molecule has 38 heavy (non-hydrogen) atoms. The average molecular weight is 538 g/mol. The first kappa shape index (κ1) is 32.9. The van der Waals surface area contributed by atoms with E-state index in [0.29, 0.717) is 5.56 Å². The van der Waals surface area contributed by atoms with Crippen LogP contribution in [-0.4, -0.2) is 47.9 Å². The lowest BCUT2D eigenvalue weighted by molar-refractivity contribution is -0.145. The van der Waals surface area contributed by atoms with E-state index < -0.39 is 52.8 Å². The Morgan fingerprint density at radius 2 is 1.37 bits per heavy atom. The standard InChI is InChI=1S/C28H43NO9/c1-15(2)17(4)36-26(34)35-14-16(3)21(22(29)23(30)31)18-11-12-19(37-24(32)27(5,6)7)20(13-18)38-25(33)28(8,9)10/h11-13,15-17,21-22H,14,29H2,1-10H3,(H,30,31)/t16?,17?,21?,22-/m0/s1. The normalized spacial score (nSPS) is 15.2. The minimum atomic E-state index is -1.38. The van der Waals surface area contributed by atoms with Gasteiger partial charge in [0.1, 0.15) is 12.1 Å². The lowest BCUT2D eigenvalue weighted by atomic mass is 9.82. The fourth-order valence-electron chi connectivity index (χ4n) is 3.07. The first-order valence-corrected chi connectivity index (χ1v) is 12.7. The summed E-state index contributed by atoms with van der Waals surface area (Å²) in [5, 5.41) is 9.69. The van der Waals surface area contributed by atoms with Crippen LogP contribution in [0.3, 0.4) is 0 Å². The van der Waals surface area contributed by atoms with E-state index in [1.54, 1.807) is 61.5 Å². The number of benzene rings is 1. The van der Waals surface area contributed by atoms with Gasteiger partial charge in [-0.25, -0.2) is 4.79 Å². The average Bonchev–Trinajstić information content (AvgIpc) is 2.77. The van der Waals surface area contributed by atoms with Gasteiger partial charge in [0.25, 0.3) is 0 Å². The summed E-state index contributed by atoms with van der Waals surface area (Å²) >= 11 is 0. The van der Waals surface area contributed by atoms with Crippen molar-refractivity contribution in [2.24, 2.45) is 28.4 Å². The third-order valence-corrected chi connectivity index (χ3v) is 5.95. The molecular weight excluding hydrogens is 494 g/mol. The van der Waals surface area contributed by atoms with Gasteiger partial charge in [0.05, 0.1) is 17.4 Å². The SMILES string of the molecule is CC(C)C(C)OC(=O)OCC(C)C(c1ccc(OC(=O)C(C)(C)C)c(OC(=O)C(C)(C)C)c1)[C@H](N)C(=O)O. The van der Waals surface area contributed by atoms with E-state index in [9.17, 15) is 24.3 Å². The highest BCUT2D eigenvalue weighted by Crippen LogP contribution is 2.37. The molecule has 0 aromatic heterocycles. The van der Waals surface area contributed by atoms with Crippen molar-refractivity contribution in [1.82, 2.24) is 0 Å². The number of ether oxygens (including phenoxy) is 4. The van der Waals surface area contributed by atoms with Crippen LogP contribution in [0.5, 0.6) is 11.5 Å². The molecule has 3 N–H and O–H groups in total. The van der Waals surface area contributed by atoms with E-state index in [2.05, 4.69) is 0 Å². The van der Waals surface area contributed by atoms with Crippen LogP contribution >= 0.6 is 0 Å². The van der Waals surface area contributed by atoms with Gasteiger partial charge in [-0.3, -0.25) is 14.4 Å². The Morgan fingerprint density at radius 1 is 0.868 bits per heavy atom. The van der Waals surface area contributed by atoms with Gasteiger partial charge in [-0.2, -0.15) is 0 Å². The monoisotopic (exact) mass is 537 g/mol. The number of hydrogen-bond donors (Lipinski definition) is 2. The van der Waals surface area contributed by atoms with Crippen molar-refractivity contribution in [3.8, 4) is 11.5 Å². The Labute approximate surface area is 225 Å². The number of aliphatic carboxylic acids is 1. The van der Waals surface area contributed by atoms with Gasteiger partial charge in [-0.15, -0.1) is 0 Å². The first-order chi connectivity index (χ1) is 17.2. The number of carbonyl (C=O) groups is 4. The van der Waals surface area contributed by atoms with Crippen molar-refractivity contribution >= 4 is 24.1 Å². The molecule has 0 saturated heterocycles. The van der Waals surface area contributed by atoms with Crippen molar-refractivity contribution in [2.45, 2.75) is 87.3 Å². The van der Waals surface area contributed by atoms with Crippen molar-refractivity contribution in [3.05, 3.63) is 23.8 Å². The van der Waals surface area contributed by atoms with Gasteiger partial charge in [0, 0.05) is 5.92 Å². The molecule has 0 radical (unpaired) electrons. The molecule has 1 aromatic carbocycles. The molecule has 10 heteroatoms. The maximum atomic E-state index is 12.7. The molecule has 0 aliphatic rings. The molecule has 0 aliphatic heterocycles. The summed E-state index contributed by atoms with van der Waals surface area (Å²) < 4.78 is 21.6. The molecule has 0 aliphatic carbocycles. The maximum Gasteiger partial charge on any atom is 0.508 e. The first-order valence-electron chi connectivity index (χ1n) is 12.7. The van der Waals surface area contributed by atoms with Crippen LogP contribution in [0.1, 0.15) is 80.7 Å². The molecule has 0 fully saturated rings. The van der Waals surface area contributed by atoms with Crippen LogP contribution in [0.15, 0.2) is 18.2 Å². The molecule has 10 nitrogen and oxygen atoms in total. The lowest BCUT2D eigenvalue weighted by Crippen LogP contribution is -2.41. The summed E-state index contributed by atoms with van der Waals surface area (Å²) in [5.74, 6) is -3.79. The van der Waals surface area contributed by atoms with E-state index >= 15 is 0 Å². The van der Waals surface area contributed by atoms with Gasteiger partial charge in [0.15, 0.2) is 11.5 Å². The van der Waals surface area contributed by atoms with E-state index in [4.69, 9.17) is 24.7 Å². The Bertz CT molecular complexity index is 1000. The van der Waals surface area contributed by atoms with Gasteiger partial charge in [-0.1, -0.05) is 26.8 Å². The molecular formula is C28H43NO9. The molecule has 1 rings (SSSR count). The molecule has 3 unspecified atom stereocenters. The third-order valence-electron chi connectivity index (χ3n) is 5.95. The van der Waals surface area contributed by atoms with Crippen LogP contribution in [0.4, 0.5) is 4.79 Å². The highest BCUT2D eigenvalue weighted by Gasteiger charge is 2.34. The number of hydrogen-bond acceptors (Lipinski definition) is 9. The zero-order chi connectivity index (χ0) is 29.6. The van der Waals surface area contributed by atoms with Crippen LogP contribution in [-0.2, 0) is 23.9 Å². The molecule has 0 amide bonds. The predicted octanol–water partition coefficient (Wildman–Crippen LogP) is 4.92. The molecule has 214 valence electrons. The summed E-state index contributed by atoms with van der Waals surface area (Å²) in [5.41, 5.74) is 4.75. The highest BCUT2D eigenvalue weighted by atomic mass is 16.7. The van der Waals surface area contributed by atoms with Crippen LogP contribution < -0.4 is 15.2 Å². The number of esters is 2. The molecule has 0 saturated carbocycles. The van der Waals surface area contributed by atoms with Gasteiger partial charge >= 0.3 is 24.1 Å². The summed E-state index contributed by atoms with van der Waals surface area (Å²) in [7, 11) is 0. The second-order valence-corrected chi connectivity index (χ2v) is 12.0. The smallest absolute Gasteiger partial charge is 0.480 e.